The second-order valence-corrected chi connectivity index (χ2v) is 10.1. The Balaban J connectivity index is 1.74. The van der Waals surface area contributed by atoms with Crippen molar-refractivity contribution in [2.45, 2.75) is 32.9 Å². The van der Waals surface area contributed by atoms with Crippen molar-refractivity contribution in [1.29, 1.82) is 0 Å². The Morgan fingerprint density at radius 3 is 2.64 bits per heavy atom. The van der Waals surface area contributed by atoms with Crippen LogP contribution in [0.1, 0.15) is 35.0 Å². The number of Topliss-reactive ketones (excluding diaryl/α,β-unsaturated/α-hetero) is 1. The van der Waals surface area contributed by atoms with Crippen molar-refractivity contribution in [3.63, 3.8) is 0 Å². The number of aryl methyl sites for hydroxylation is 1. The first-order valence-electron chi connectivity index (χ1n) is 9.51. The normalized spacial score (nSPS) is 23.6. The first-order chi connectivity index (χ1) is 13.4. The van der Waals surface area contributed by atoms with Crippen LogP contribution in [0.4, 0.5) is 0 Å². The lowest BCUT2D eigenvalue weighted by Gasteiger charge is -2.31. The first-order valence-corrected chi connectivity index (χ1v) is 11.3. The Kier molecular flexibility index (Phi) is 3.83. The molecule has 3 heterocycles. The van der Waals surface area contributed by atoms with Crippen LogP contribution in [0.5, 0.6) is 5.75 Å². The van der Waals surface area contributed by atoms with Crippen LogP contribution in [0.15, 0.2) is 28.7 Å². The van der Waals surface area contributed by atoms with Gasteiger partial charge < -0.3 is 9.15 Å². The molecular weight excluding hydrogens is 378 g/mol. The summed E-state index contributed by atoms with van der Waals surface area (Å²) in [4.78, 5) is 13.5. The summed E-state index contributed by atoms with van der Waals surface area (Å²) in [6.45, 7) is 4.41. The van der Waals surface area contributed by atoms with Gasteiger partial charge in [0.2, 0.25) is 6.73 Å². The van der Waals surface area contributed by atoms with Crippen molar-refractivity contribution in [3.05, 3.63) is 41.2 Å². The number of ether oxygens (including phenoxy) is 1. The number of fused-ring (bicyclic) bond motifs is 6. The highest BCUT2D eigenvalue weighted by atomic mass is 32.2. The maximum absolute atomic E-state index is 12.4. The summed E-state index contributed by atoms with van der Waals surface area (Å²) in [6, 6.07) is 7.92. The van der Waals surface area contributed by atoms with Gasteiger partial charge in [-0.3, -0.25) is 9.69 Å². The molecule has 0 radical (unpaired) electrons. The molecule has 28 heavy (non-hydrogen) atoms. The summed E-state index contributed by atoms with van der Waals surface area (Å²) < 4.78 is 36.1. The van der Waals surface area contributed by atoms with E-state index in [4.69, 9.17) is 9.15 Å². The van der Waals surface area contributed by atoms with Crippen molar-refractivity contribution < 1.29 is 27.3 Å². The minimum Gasteiger partial charge on any atom is -0.460 e. The number of ketones is 1. The quantitative estimate of drug-likeness (QED) is 0.666. The van der Waals surface area contributed by atoms with Crippen molar-refractivity contribution in [2.75, 3.05) is 18.2 Å². The number of carbonyl (C=O) groups excluding carboxylic acids is 1. The number of carbonyl (C=O) groups is 1. The van der Waals surface area contributed by atoms with E-state index in [9.17, 15) is 13.2 Å². The van der Waals surface area contributed by atoms with Crippen molar-refractivity contribution in [1.82, 2.24) is 0 Å². The average Bonchev–Trinajstić information content (AvgIpc) is 3.21. The maximum atomic E-state index is 12.4. The summed E-state index contributed by atoms with van der Waals surface area (Å²) >= 11 is 0. The third-order valence-electron chi connectivity index (χ3n) is 6.04. The molecule has 0 aliphatic carbocycles. The lowest BCUT2D eigenvalue weighted by molar-refractivity contribution is -0.953. The van der Waals surface area contributed by atoms with Gasteiger partial charge in [-0.2, -0.15) is 0 Å². The molecule has 2 aromatic carbocycles. The van der Waals surface area contributed by atoms with Gasteiger partial charge in [-0.1, -0.05) is 24.3 Å². The van der Waals surface area contributed by atoms with E-state index in [1.165, 1.54) is 0 Å². The summed E-state index contributed by atoms with van der Waals surface area (Å²) in [7, 11) is -2.97. The Hall–Kier alpha value is -2.38. The lowest BCUT2D eigenvalue weighted by Crippen LogP contribution is -3.16. The van der Waals surface area contributed by atoms with Gasteiger partial charge in [-0.15, -0.1) is 0 Å². The van der Waals surface area contributed by atoms with E-state index < -0.39 is 9.84 Å². The molecule has 0 bridgehead atoms. The monoisotopic (exact) mass is 400 g/mol. The summed E-state index contributed by atoms with van der Waals surface area (Å²) in [5.41, 5.74) is 2.25. The topological polar surface area (TPSA) is 78.0 Å². The third-order valence-corrected chi connectivity index (χ3v) is 7.81. The minimum absolute atomic E-state index is 0.0217. The largest absolute Gasteiger partial charge is 0.460 e. The Morgan fingerprint density at radius 2 is 1.96 bits per heavy atom. The number of sulfone groups is 1. The average molecular weight is 400 g/mol. The van der Waals surface area contributed by atoms with Gasteiger partial charge >= 0.3 is 0 Å². The predicted octanol–water partition coefficient (Wildman–Crippen LogP) is 2.02. The van der Waals surface area contributed by atoms with Crippen LogP contribution in [-0.4, -0.2) is 38.5 Å². The van der Waals surface area contributed by atoms with Crippen molar-refractivity contribution in [2.24, 2.45) is 0 Å². The Bertz CT molecular complexity index is 1240. The number of quaternary nitrogens is 1. The molecule has 2 unspecified atom stereocenters. The highest BCUT2D eigenvalue weighted by Crippen LogP contribution is 2.42. The molecule has 0 amide bonds. The molecular formula is C21H22NO5S+. The highest BCUT2D eigenvalue weighted by Gasteiger charge is 2.39. The van der Waals surface area contributed by atoms with Crippen LogP contribution in [0.25, 0.3) is 21.7 Å². The summed E-state index contributed by atoms with van der Waals surface area (Å²) in [5.74, 6) is 1.80. The molecule has 3 aromatic rings. The molecule has 146 valence electrons. The predicted molar refractivity (Wildman–Crippen MR) is 106 cm³/mol. The van der Waals surface area contributed by atoms with Gasteiger partial charge in [0, 0.05) is 22.6 Å². The highest BCUT2D eigenvalue weighted by molar-refractivity contribution is 7.91. The van der Waals surface area contributed by atoms with E-state index in [0.717, 1.165) is 32.4 Å². The second kappa shape index (κ2) is 6.06. The first kappa shape index (κ1) is 17.7. The maximum Gasteiger partial charge on any atom is 0.222 e. The van der Waals surface area contributed by atoms with Gasteiger partial charge in [0.05, 0.1) is 16.9 Å². The standard InChI is InChI=1S/C21H21NO5S/c1-12(23)18-13(2)27-21-16-6-4-3-5-15(16)20-17(19(18)21)9-22(11-26-20)14-7-8-28(24,25)10-14/h3-6,14H,7-11H2,1-2H3/p+1. The fourth-order valence-electron chi connectivity index (χ4n) is 4.76. The smallest absolute Gasteiger partial charge is 0.222 e. The van der Waals surface area contributed by atoms with E-state index in [1.807, 2.05) is 31.2 Å². The van der Waals surface area contributed by atoms with E-state index in [0.29, 0.717) is 36.6 Å². The van der Waals surface area contributed by atoms with Crippen LogP contribution in [0.3, 0.4) is 0 Å². The third kappa shape index (κ3) is 2.57. The zero-order valence-electron chi connectivity index (χ0n) is 15.9. The van der Waals surface area contributed by atoms with Crippen LogP contribution < -0.4 is 9.64 Å². The molecule has 1 N–H and O–H groups in total. The number of furan rings is 1. The van der Waals surface area contributed by atoms with Crippen molar-refractivity contribution in [3.8, 4) is 5.75 Å². The van der Waals surface area contributed by atoms with E-state index >= 15 is 0 Å². The second-order valence-electron chi connectivity index (χ2n) is 7.87. The fraction of sp³-hybridized carbons (Fsp3) is 0.381. The molecule has 2 atom stereocenters. The fourth-order valence-corrected chi connectivity index (χ4v) is 6.58. The lowest BCUT2D eigenvalue weighted by atomic mass is 9.95. The summed E-state index contributed by atoms with van der Waals surface area (Å²) in [5, 5.41) is 2.71. The zero-order chi connectivity index (χ0) is 19.6. The van der Waals surface area contributed by atoms with Gasteiger partial charge in [0.15, 0.2) is 15.6 Å². The van der Waals surface area contributed by atoms with Gasteiger partial charge in [-0.05, 0) is 13.8 Å². The SMILES string of the molecule is CC(=O)c1c(C)oc2c1c1c(c3ccccc32)OC[NH+](C2CCS(=O)(=O)C2)C1. The molecule has 1 saturated heterocycles. The minimum atomic E-state index is -2.97. The van der Waals surface area contributed by atoms with Crippen LogP contribution >= 0.6 is 0 Å². The van der Waals surface area contributed by atoms with Crippen LogP contribution in [-0.2, 0) is 16.4 Å². The van der Waals surface area contributed by atoms with Gasteiger partial charge in [0.1, 0.15) is 35.4 Å². The number of nitrogens with one attached hydrogen (secondary N) is 1. The molecule has 2 aliphatic heterocycles. The van der Waals surface area contributed by atoms with E-state index in [2.05, 4.69) is 0 Å². The molecule has 2 aliphatic rings. The molecule has 6 nitrogen and oxygen atoms in total. The molecule has 1 fully saturated rings. The van der Waals surface area contributed by atoms with Gasteiger partial charge in [0.25, 0.3) is 0 Å². The molecule has 5 rings (SSSR count). The number of hydrogen-bond donors (Lipinski definition) is 1. The summed E-state index contributed by atoms with van der Waals surface area (Å²) in [6.07, 6.45) is 0.650. The van der Waals surface area contributed by atoms with Crippen LogP contribution in [0.2, 0.25) is 0 Å². The molecule has 1 aromatic heterocycles. The molecule has 7 heteroatoms. The number of rotatable bonds is 2. The van der Waals surface area contributed by atoms with E-state index in [-0.39, 0.29) is 23.3 Å². The molecule has 0 saturated carbocycles. The Morgan fingerprint density at radius 1 is 1.21 bits per heavy atom. The zero-order valence-corrected chi connectivity index (χ0v) is 16.7. The number of benzene rings is 2. The van der Waals surface area contributed by atoms with Crippen molar-refractivity contribution >= 4 is 37.4 Å². The van der Waals surface area contributed by atoms with Gasteiger partial charge in [-0.25, -0.2) is 8.42 Å². The van der Waals surface area contributed by atoms with Crippen LogP contribution in [0, 0.1) is 6.92 Å². The van der Waals surface area contributed by atoms with E-state index in [1.54, 1.807) is 6.92 Å². The number of hydrogen-bond acceptors (Lipinski definition) is 5. The Labute approximate surface area is 163 Å². The molecule has 0 spiro atoms.